The van der Waals surface area contributed by atoms with Crippen LogP contribution in [-0.2, 0) is 4.79 Å². The first-order valence-electron chi connectivity index (χ1n) is 8.20. The van der Waals surface area contributed by atoms with Crippen LogP contribution in [0.1, 0.15) is 34.8 Å². The molecule has 1 heterocycles. The Kier molecular flexibility index (Phi) is 5.63. The minimum Gasteiger partial charge on any atom is -0.490 e. The van der Waals surface area contributed by atoms with Gasteiger partial charge in [-0.2, -0.15) is 0 Å². The van der Waals surface area contributed by atoms with Gasteiger partial charge in [0.1, 0.15) is 0 Å². The van der Waals surface area contributed by atoms with E-state index in [2.05, 4.69) is 5.32 Å². The molecule has 2 aromatic carbocycles. The van der Waals surface area contributed by atoms with Crippen molar-refractivity contribution in [2.75, 3.05) is 13.2 Å². The zero-order chi connectivity index (χ0) is 18.5. The fourth-order valence-corrected chi connectivity index (χ4v) is 2.79. The van der Waals surface area contributed by atoms with Crippen molar-refractivity contribution >= 4 is 23.5 Å². The molecule has 1 aliphatic rings. The molecule has 0 bridgehead atoms. The van der Waals surface area contributed by atoms with Gasteiger partial charge in [0.05, 0.1) is 25.7 Å². The molecular weight excluding hydrogens is 358 g/mol. The monoisotopic (exact) mass is 375 g/mol. The zero-order valence-electron chi connectivity index (χ0n) is 13.9. The molecule has 2 aromatic rings. The molecule has 7 heteroatoms. The summed E-state index contributed by atoms with van der Waals surface area (Å²) in [6.45, 7) is 1.08. The number of carboxylic acid groups (broad SMARTS) is 1. The molecular formula is C19H18ClNO5. The molecule has 0 aromatic heterocycles. The van der Waals surface area contributed by atoms with Crippen LogP contribution in [0.25, 0.3) is 0 Å². The van der Waals surface area contributed by atoms with Crippen molar-refractivity contribution in [3.05, 3.63) is 58.6 Å². The van der Waals surface area contributed by atoms with E-state index in [1.807, 2.05) is 0 Å². The van der Waals surface area contributed by atoms with E-state index in [-0.39, 0.29) is 12.3 Å². The van der Waals surface area contributed by atoms with Gasteiger partial charge >= 0.3 is 5.97 Å². The van der Waals surface area contributed by atoms with Crippen LogP contribution in [0.3, 0.4) is 0 Å². The first-order chi connectivity index (χ1) is 12.5. The summed E-state index contributed by atoms with van der Waals surface area (Å²) in [7, 11) is 0. The van der Waals surface area contributed by atoms with E-state index < -0.39 is 12.0 Å². The van der Waals surface area contributed by atoms with Crippen LogP contribution >= 0.6 is 11.6 Å². The Bertz CT molecular complexity index is 806. The summed E-state index contributed by atoms with van der Waals surface area (Å²) in [4.78, 5) is 23.8. The lowest BCUT2D eigenvalue weighted by Crippen LogP contribution is -2.30. The minimum absolute atomic E-state index is 0.238. The normalized spacial score (nSPS) is 14.2. The van der Waals surface area contributed by atoms with Crippen molar-refractivity contribution in [1.82, 2.24) is 5.32 Å². The van der Waals surface area contributed by atoms with Crippen LogP contribution in [0.5, 0.6) is 11.5 Å². The Labute approximate surface area is 155 Å². The van der Waals surface area contributed by atoms with Gasteiger partial charge in [0.2, 0.25) is 0 Å². The summed E-state index contributed by atoms with van der Waals surface area (Å²) < 4.78 is 11.1. The highest BCUT2D eigenvalue weighted by Crippen LogP contribution is 2.30. The number of benzene rings is 2. The van der Waals surface area contributed by atoms with Gasteiger partial charge in [-0.1, -0.05) is 23.7 Å². The largest absolute Gasteiger partial charge is 0.490 e. The van der Waals surface area contributed by atoms with Gasteiger partial charge in [-0.25, -0.2) is 0 Å². The summed E-state index contributed by atoms with van der Waals surface area (Å²) >= 11 is 5.88. The van der Waals surface area contributed by atoms with Gasteiger partial charge < -0.3 is 19.9 Å². The predicted molar refractivity (Wildman–Crippen MR) is 96.0 cm³/mol. The number of carbonyl (C=O) groups is 2. The number of carbonyl (C=O) groups excluding carboxylic acids is 1. The second kappa shape index (κ2) is 8.10. The van der Waals surface area contributed by atoms with E-state index in [1.165, 1.54) is 0 Å². The number of ether oxygens (including phenoxy) is 2. The smallest absolute Gasteiger partial charge is 0.305 e. The number of rotatable bonds is 5. The zero-order valence-corrected chi connectivity index (χ0v) is 14.7. The first-order valence-corrected chi connectivity index (χ1v) is 8.58. The molecule has 6 nitrogen and oxygen atoms in total. The standard InChI is InChI=1S/C19H18ClNO5/c20-14-5-2-12(3-6-14)15(11-18(22)23)21-19(24)13-4-7-16-17(10-13)26-9-1-8-25-16/h2-7,10,15H,1,8-9,11H2,(H,21,24)(H,22,23)/t15-/m0/s1. The summed E-state index contributed by atoms with van der Waals surface area (Å²) in [6, 6.07) is 11.0. The van der Waals surface area contributed by atoms with Crippen LogP contribution < -0.4 is 14.8 Å². The molecule has 0 saturated carbocycles. The molecule has 1 amide bonds. The lowest BCUT2D eigenvalue weighted by atomic mass is 10.0. The van der Waals surface area contributed by atoms with Gasteiger partial charge in [-0.15, -0.1) is 0 Å². The van der Waals surface area contributed by atoms with Gasteiger partial charge in [0.15, 0.2) is 11.5 Å². The fourth-order valence-electron chi connectivity index (χ4n) is 2.67. The number of carboxylic acids is 1. The van der Waals surface area contributed by atoms with E-state index in [0.717, 1.165) is 6.42 Å². The summed E-state index contributed by atoms with van der Waals surface area (Å²) in [5.41, 5.74) is 1.04. The van der Waals surface area contributed by atoms with Gasteiger partial charge in [0.25, 0.3) is 5.91 Å². The predicted octanol–water partition coefficient (Wildman–Crippen LogP) is 3.45. The number of hydrogen-bond acceptors (Lipinski definition) is 4. The van der Waals surface area contributed by atoms with Gasteiger partial charge in [-0.3, -0.25) is 9.59 Å². The average molecular weight is 376 g/mol. The molecule has 0 saturated heterocycles. The van der Waals surface area contributed by atoms with Crippen LogP contribution in [0.15, 0.2) is 42.5 Å². The third-order valence-corrected chi connectivity index (χ3v) is 4.22. The Morgan fingerprint density at radius 2 is 1.77 bits per heavy atom. The molecule has 136 valence electrons. The minimum atomic E-state index is -1.01. The maximum absolute atomic E-state index is 12.6. The van der Waals surface area contributed by atoms with Crippen molar-refractivity contribution in [3.63, 3.8) is 0 Å². The summed E-state index contributed by atoms with van der Waals surface area (Å²) in [5.74, 6) is -0.291. The number of hydrogen-bond donors (Lipinski definition) is 2. The number of amides is 1. The molecule has 1 aliphatic heterocycles. The lowest BCUT2D eigenvalue weighted by Gasteiger charge is -2.18. The summed E-state index contributed by atoms with van der Waals surface area (Å²) in [5, 5.41) is 12.5. The van der Waals surface area contributed by atoms with Crippen molar-refractivity contribution in [1.29, 1.82) is 0 Å². The number of aliphatic carboxylic acids is 1. The molecule has 2 N–H and O–H groups in total. The third-order valence-electron chi connectivity index (χ3n) is 3.97. The SMILES string of the molecule is O=C(O)C[C@H](NC(=O)c1ccc2c(c1)OCCCO2)c1ccc(Cl)cc1. The Hall–Kier alpha value is -2.73. The maximum atomic E-state index is 12.6. The molecule has 0 spiro atoms. The highest BCUT2D eigenvalue weighted by atomic mass is 35.5. The highest BCUT2D eigenvalue weighted by molar-refractivity contribution is 6.30. The highest BCUT2D eigenvalue weighted by Gasteiger charge is 2.20. The molecule has 0 fully saturated rings. The number of fused-ring (bicyclic) bond motifs is 1. The van der Waals surface area contributed by atoms with Crippen LogP contribution in [0, 0.1) is 0 Å². The van der Waals surface area contributed by atoms with E-state index in [4.69, 9.17) is 26.2 Å². The molecule has 0 aliphatic carbocycles. The average Bonchev–Trinajstić information content (AvgIpc) is 2.86. The summed E-state index contributed by atoms with van der Waals surface area (Å²) in [6.07, 6.45) is 0.533. The quantitative estimate of drug-likeness (QED) is 0.836. The van der Waals surface area contributed by atoms with Crippen LogP contribution in [-0.4, -0.2) is 30.2 Å². The molecule has 0 unspecified atom stereocenters. The van der Waals surface area contributed by atoms with E-state index in [1.54, 1.807) is 42.5 Å². The van der Waals surface area contributed by atoms with Gasteiger partial charge in [0, 0.05) is 17.0 Å². The molecule has 3 rings (SSSR count). The second-order valence-electron chi connectivity index (χ2n) is 5.89. The van der Waals surface area contributed by atoms with E-state index in [0.29, 0.717) is 40.9 Å². The molecule has 26 heavy (non-hydrogen) atoms. The molecule has 0 radical (unpaired) electrons. The maximum Gasteiger partial charge on any atom is 0.305 e. The van der Waals surface area contributed by atoms with Crippen LogP contribution in [0.4, 0.5) is 0 Å². The van der Waals surface area contributed by atoms with Crippen molar-refractivity contribution in [2.24, 2.45) is 0 Å². The van der Waals surface area contributed by atoms with Gasteiger partial charge in [-0.05, 0) is 35.9 Å². The van der Waals surface area contributed by atoms with Crippen molar-refractivity contribution < 1.29 is 24.2 Å². The van der Waals surface area contributed by atoms with Crippen LogP contribution in [0.2, 0.25) is 5.02 Å². The lowest BCUT2D eigenvalue weighted by molar-refractivity contribution is -0.137. The third kappa shape index (κ3) is 4.46. The second-order valence-corrected chi connectivity index (χ2v) is 6.32. The first kappa shape index (κ1) is 18.1. The Morgan fingerprint density at radius 1 is 1.08 bits per heavy atom. The van der Waals surface area contributed by atoms with Crippen molar-refractivity contribution in [2.45, 2.75) is 18.9 Å². The Balaban J connectivity index is 1.80. The van der Waals surface area contributed by atoms with E-state index in [9.17, 15) is 9.59 Å². The number of nitrogens with one attached hydrogen (secondary N) is 1. The van der Waals surface area contributed by atoms with Crippen molar-refractivity contribution in [3.8, 4) is 11.5 Å². The number of halogens is 1. The fraction of sp³-hybridized carbons (Fsp3) is 0.263. The van der Waals surface area contributed by atoms with E-state index >= 15 is 0 Å². The topological polar surface area (TPSA) is 84.9 Å². The Morgan fingerprint density at radius 3 is 2.46 bits per heavy atom. The molecule has 1 atom stereocenters.